The quantitative estimate of drug-likeness (QED) is 0.913. The average Bonchev–Trinajstić information content (AvgIpc) is 2.78. The maximum Gasteiger partial charge on any atom is 0.235 e. The van der Waals surface area contributed by atoms with Crippen molar-refractivity contribution in [2.45, 2.75) is 20.3 Å². The standard InChI is InChI=1S/C14H17N3O2/c1-3-17(13-7-5-11(15)9-16-13)14(18)8-12-6-4-10(2)19-12/h4-7,9H,3,8,15H2,1-2H3. The summed E-state index contributed by atoms with van der Waals surface area (Å²) < 4.78 is 5.42. The minimum atomic E-state index is -0.0471. The number of furan rings is 1. The second-order valence-corrected chi connectivity index (χ2v) is 4.28. The van der Waals surface area contributed by atoms with Crippen LogP contribution in [0.15, 0.2) is 34.9 Å². The number of hydrogen-bond acceptors (Lipinski definition) is 4. The fraction of sp³-hybridized carbons (Fsp3) is 0.286. The summed E-state index contributed by atoms with van der Waals surface area (Å²) in [6.07, 6.45) is 1.77. The summed E-state index contributed by atoms with van der Waals surface area (Å²) in [7, 11) is 0. The summed E-state index contributed by atoms with van der Waals surface area (Å²) in [6, 6.07) is 7.14. The normalized spacial score (nSPS) is 10.4. The third-order valence-electron chi connectivity index (χ3n) is 2.79. The van der Waals surface area contributed by atoms with E-state index in [-0.39, 0.29) is 12.3 Å². The molecule has 2 rings (SSSR count). The molecule has 0 unspecified atom stereocenters. The Balaban J connectivity index is 2.13. The second kappa shape index (κ2) is 5.56. The molecule has 2 aromatic rings. The summed E-state index contributed by atoms with van der Waals surface area (Å²) in [6.45, 7) is 4.31. The molecule has 0 aliphatic rings. The van der Waals surface area contributed by atoms with Gasteiger partial charge in [0.05, 0.1) is 18.3 Å². The van der Waals surface area contributed by atoms with Gasteiger partial charge in [0.15, 0.2) is 0 Å². The molecule has 0 saturated carbocycles. The van der Waals surface area contributed by atoms with Crippen LogP contribution < -0.4 is 10.6 Å². The lowest BCUT2D eigenvalue weighted by atomic mass is 10.3. The number of carbonyl (C=O) groups is 1. The van der Waals surface area contributed by atoms with E-state index in [1.54, 1.807) is 23.2 Å². The number of carbonyl (C=O) groups excluding carboxylic acids is 1. The molecule has 0 spiro atoms. The van der Waals surface area contributed by atoms with Crippen molar-refractivity contribution in [1.29, 1.82) is 0 Å². The topological polar surface area (TPSA) is 72.4 Å². The molecule has 1 amide bonds. The van der Waals surface area contributed by atoms with Crippen molar-refractivity contribution in [3.8, 4) is 0 Å². The number of aryl methyl sites for hydroxylation is 1. The number of hydrogen-bond donors (Lipinski definition) is 1. The van der Waals surface area contributed by atoms with Gasteiger partial charge in [-0.15, -0.1) is 0 Å². The van der Waals surface area contributed by atoms with Gasteiger partial charge in [0.2, 0.25) is 5.91 Å². The average molecular weight is 259 g/mol. The summed E-state index contributed by atoms with van der Waals surface area (Å²) in [4.78, 5) is 18.0. The lowest BCUT2D eigenvalue weighted by Gasteiger charge is -2.19. The molecule has 0 aromatic carbocycles. The molecule has 2 heterocycles. The van der Waals surface area contributed by atoms with Gasteiger partial charge in [-0.1, -0.05) is 0 Å². The maximum absolute atomic E-state index is 12.2. The van der Waals surface area contributed by atoms with Gasteiger partial charge >= 0.3 is 0 Å². The Hall–Kier alpha value is -2.30. The molecule has 0 radical (unpaired) electrons. The Kier molecular flexibility index (Phi) is 3.85. The molecule has 0 atom stereocenters. The maximum atomic E-state index is 12.2. The van der Waals surface area contributed by atoms with E-state index in [1.807, 2.05) is 26.0 Å². The highest BCUT2D eigenvalue weighted by atomic mass is 16.3. The van der Waals surface area contributed by atoms with Gasteiger partial charge in [-0.3, -0.25) is 9.69 Å². The van der Waals surface area contributed by atoms with Crippen molar-refractivity contribution in [1.82, 2.24) is 4.98 Å². The first-order valence-electron chi connectivity index (χ1n) is 6.17. The Morgan fingerprint density at radius 3 is 2.68 bits per heavy atom. The third-order valence-corrected chi connectivity index (χ3v) is 2.79. The van der Waals surface area contributed by atoms with Crippen molar-refractivity contribution in [3.05, 3.63) is 42.0 Å². The van der Waals surface area contributed by atoms with Gasteiger partial charge in [0, 0.05) is 6.54 Å². The molecule has 2 aromatic heterocycles. The van der Waals surface area contributed by atoms with E-state index in [4.69, 9.17) is 10.2 Å². The zero-order valence-electron chi connectivity index (χ0n) is 11.1. The molecule has 0 bridgehead atoms. The van der Waals surface area contributed by atoms with Crippen LogP contribution in [0.5, 0.6) is 0 Å². The summed E-state index contributed by atoms with van der Waals surface area (Å²) in [5.74, 6) is 2.02. The summed E-state index contributed by atoms with van der Waals surface area (Å²) >= 11 is 0. The van der Waals surface area contributed by atoms with E-state index in [2.05, 4.69) is 4.98 Å². The molecule has 19 heavy (non-hydrogen) atoms. The van der Waals surface area contributed by atoms with E-state index in [0.29, 0.717) is 23.8 Å². The van der Waals surface area contributed by atoms with Gasteiger partial charge in [-0.2, -0.15) is 0 Å². The van der Waals surface area contributed by atoms with Crippen LogP contribution in [0, 0.1) is 6.92 Å². The van der Waals surface area contributed by atoms with E-state index in [9.17, 15) is 4.79 Å². The number of nitrogens with zero attached hydrogens (tertiary/aromatic N) is 2. The van der Waals surface area contributed by atoms with E-state index in [1.165, 1.54) is 0 Å². The Morgan fingerprint density at radius 1 is 1.37 bits per heavy atom. The molecule has 0 saturated heterocycles. The number of nitrogen functional groups attached to an aromatic ring is 1. The van der Waals surface area contributed by atoms with Crippen molar-refractivity contribution in [2.75, 3.05) is 17.2 Å². The van der Waals surface area contributed by atoms with Crippen LogP contribution in [0.3, 0.4) is 0 Å². The number of amides is 1. The van der Waals surface area contributed by atoms with Gasteiger partial charge in [0.25, 0.3) is 0 Å². The fourth-order valence-corrected chi connectivity index (χ4v) is 1.85. The van der Waals surface area contributed by atoms with Gasteiger partial charge in [-0.05, 0) is 38.1 Å². The van der Waals surface area contributed by atoms with Crippen molar-refractivity contribution in [2.24, 2.45) is 0 Å². The first-order valence-corrected chi connectivity index (χ1v) is 6.17. The first-order chi connectivity index (χ1) is 9.10. The minimum Gasteiger partial charge on any atom is -0.466 e. The van der Waals surface area contributed by atoms with E-state index in [0.717, 1.165) is 5.76 Å². The van der Waals surface area contributed by atoms with Crippen LogP contribution in [0.25, 0.3) is 0 Å². The van der Waals surface area contributed by atoms with Crippen molar-refractivity contribution < 1.29 is 9.21 Å². The molecule has 100 valence electrons. The monoisotopic (exact) mass is 259 g/mol. The van der Waals surface area contributed by atoms with Gasteiger partial charge < -0.3 is 10.2 Å². The Morgan fingerprint density at radius 2 is 2.16 bits per heavy atom. The third kappa shape index (κ3) is 3.13. The minimum absolute atomic E-state index is 0.0471. The number of aromatic nitrogens is 1. The molecule has 5 heteroatoms. The van der Waals surface area contributed by atoms with Crippen LogP contribution in [-0.2, 0) is 11.2 Å². The van der Waals surface area contributed by atoms with Crippen LogP contribution >= 0.6 is 0 Å². The van der Waals surface area contributed by atoms with Gasteiger partial charge in [0.1, 0.15) is 17.3 Å². The number of nitrogens with two attached hydrogens (primary N) is 1. The van der Waals surface area contributed by atoms with Crippen LogP contribution in [0.2, 0.25) is 0 Å². The summed E-state index contributed by atoms with van der Waals surface area (Å²) in [5.41, 5.74) is 6.17. The van der Waals surface area contributed by atoms with Gasteiger partial charge in [-0.25, -0.2) is 4.98 Å². The number of rotatable bonds is 4. The summed E-state index contributed by atoms with van der Waals surface area (Å²) in [5, 5.41) is 0. The molecule has 0 aliphatic heterocycles. The lowest BCUT2D eigenvalue weighted by molar-refractivity contribution is -0.118. The highest BCUT2D eigenvalue weighted by Gasteiger charge is 2.16. The molecular formula is C14H17N3O2. The van der Waals surface area contributed by atoms with Crippen molar-refractivity contribution >= 4 is 17.4 Å². The van der Waals surface area contributed by atoms with Crippen molar-refractivity contribution in [3.63, 3.8) is 0 Å². The number of pyridine rings is 1. The SMILES string of the molecule is CCN(C(=O)Cc1ccc(C)o1)c1ccc(N)cn1. The highest BCUT2D eigenvalue weighted by molar-refractivity contribution is 5.93. The smallest absolute Gasteiger partial charge is 0.235 e. The molecule has 0 fully saturated rings. The zero-order valence-corrected chi connectivity index (χ0v) is 11.1. The van der Waals surface area contributed by atoms with E-state index >= 15 is 0 Å². The van der Waals surface area contributed by atoms with Crippen LogP contribution in [-0.4, -0.2) is 17.4 Å². The molecular weight excluding hydrogens is 242 g/mol. The largest absolute Gasteiger partial charge is 0.466 e. The molecule has 0 aliphatic carbocycles. The molecule has 5 nitrogen and oxygen atoms in total. The Labute approximate surface area is 112 Å². The van der Waals surface area contributed by atoms with Crippen LogP contribution in [0.4, 0.5) is 11.5 Å². The predicted molar refractivity (Wildman–Crippen MR) is 73.8 cm³/mol. The molecule has 2 N–H and O–H groups in total. The first kappa shape index (κ1) is 13.1. The van der Waals surface area contributed by atoms with Crippen LogP contribution in [0.1, 0.15) is 18.4 Å². The van der Waals surface area contributed by atoms with E-state index < -0.39 is 0 Å². The Bertz CT molecular complexity index is 560. The number of anilines is 2. The fourth-order valence-electron chi connectivity index (χ4n) is 1.85. The second-order valence-electron chi connectivity index (χ2n) is 4.28. The number of likely N-dealkylation sites (N-methyl/N-ethyl adjacent to an activating group) is 1. The lowest BCUT2D eigenvalue weighted by Crippen LogP contribution is -2.32. The predicted octanol–water partition coefficient (Wildman–Crippen LogP) is 2.16. The highest BCUT2D eigenvalue weighted by Crippen LogP contribution is 2.15. The zero-order chi connectivity index (χ0) is 13.8.